The lowest BCUT2D eigenvalue weighted by molar-refractivity contribution is -0.216. The van der Waals surface area contributed by atoms with E-state index in [4.69, 9.17) is 0 Å². The molecule has 12 rings (SSSR count). The normalized spacial score (nSPS) is 67.0. The lowest BCUT2D eigenvalue weighted by atomic mass is 9.34. The molecule has 0 nitrogen and oxygen atoms in total. The molecule has 0 aromatic heterocycles. The third kappa shape index (κ3) is 2.04. The predicted molar refractivity (Wildman–Crippen MR) is 121 cm³/mol. The Bertz CT molecular complexity index is 644. The molecule has 0 spiro atoms. The van der Waals surface area contributed by atoms with Gasteiger partial charge >= 0.3 is 0 Å². The van der Waals surface area contributed by atoms with Crippen molar-refractivity contribution in [2.75, 3.05) is 0 Å². The fourth-order valence-electron chi connectivity index (χ4n) is 15.3. The molecule has 12 fully saturated rings. The van der Waals surface area contributed by atoms with E-state index in [1.807, 2.05) is 0 Å². The van der Waals surface area contributed by atoms with Gasteiger partial charge in [0, 0.05) is 0 Å². The summed E-state index contributed by atoms with van der Waals surface area (Å²) in [4.78, 5) is 0. The Morgan fingerprint density at radius 3 is 1.00 bits per heavy atom. The lowest BCUT2D eigenvalue weighted by Gasteiger charge is -2.71. The Kier molecular flexibility index (Phi) is 3.13. The van der Waals surface area contributed by atoms with Gasteiger partial charge in [-0.3, -0.25) is 0 Å². The van der Waals surface area contributed by atoms with E-state index >= 15 is 0 Å². The highest BCUT2D eigenvalue weighted by Crippen LogP contribution is 2.80. The number of hydrogen-bond acceptors (Lipinski definition) is 0. The van der Waals surface area contributed by atoms with Crippen molar-refractivity contribution >= 4 is 0 Å². The molecule has 12 saturated carbocycles. The van der Waals surface area contributed by atoms with Gasteiger partial charge in [-0.25, -0.2) is 0 Å². The Balaban J connectivity index is 1.23. The largest absolute Gasteiger partial charge is 0.0475 e. The molecule has 2 unspecified atom stereocenters. The molecule has 30 heavy (non-hydrogen) atoms. The Hall–Kier alpha value is 0. The molecule has 0 heteroatoms. The minimum absolute atomic E-state index is 0.819. The lowest BCUT2D eigenvalue weighted by Crippen LogP contribution is -2.62. The van der Waals surface area contributed by atoms with Crippen LogP contribution in [-0.2, 0) is 0 Å². The first-order valence-electron chi connectivity index (χ1n) is 14.6. The zero-order valence-corrected chi connectivity index (χ0v) is 19.3. The first-order valence-corrected chi connectivity index (χ1v) is 14.6. The summed E-state index contributed by atoms with van der Waals surface area (Å²) in [6, 6.07) is 0. The molecule has 0 heterocycles. The molecule has 4 atom stereocenters. The van der Waals surface area contributed by atoms with Gasteiger partial charge < -0.3 is 0 Å². The molecule has 0 N–H and O–H groups in total. The van der Waals surface area contributed by atoms with Gasteiger partial charge in [0.2, 0.25) is 0 Å². The van der Waals surface area contributed by atoms with Crippen LogP contribution in [0.25, 0.3) is 0 Å². The van der Waals surface area contributed by atoms with Gasteiger partial charge in [0.05, 0.1) is 0 Å². The van der Waals surface area contributed by atoms with Crippen molar-refractivity contribution in [1.29, 1.82) is 0 Å². The number of rotatable bonds is 3. The molecule has 0 saturated heterocycles. The van der Waals surface area contributed by atoms with Crippen molar-refractivity contribution in [2.45, 2.75) is 109 Å². The molecule has 0 radical (unpaired) electrons. The highest BCUT2D eigenvalue weighted by molar-refractivity contribution is 5.21. The number of hydrogen-bond donors (Lipinski definition) is 0. The third-order valence-corrected chi connectivity index (χ3v) is 14.0. The second-order valence-corrected chi connectivity index (χ2v) is 15.8. The molecule has 12 aliphatic carbocycles. The van der Waals surface area contributed by atoms with E-state index in [2.05, 4.69) is 0 Å². The van der Waals surface area contributed by atoms with E-state index in [-0.39, 0.29) is 0 Å². The molecular weight excluding hydrogens is 360 g/mol. The van der Waals surface area contributed by atoms with Crippen LogP contribution in [0.2, 0.25) is 0 Å². The topological polar surface area (TPSA) is 0 Å². The Morgan fingerprint density at radius 2 is 0.667 bits per heavy atom. The van der Waals surface area contributed by atoms with Gasteiger partial charge in [-0.1, -0.05) is 0 Å². The SMILES string of the molecule is C1C2CC3CC1CC(C(C14CC5CC(CC(C5)C1)C4)C14C[C@@H]5CC1C[C@@H](C5)C4)(C2)C3. The van der Waals surface area contributed by atoms with Crippen LogP contribution in [0.15, 0.2) is 0 Å². The molecule has 12 bridgehead atoms. The van der Waals surface area contributed by atoms with Crippen LogP contribution in [0.4, 0.5) is 0 Å². The summed E-state index contributed by atoms with van der Waals surface area (Å²) in [6.07, 6.45) is 28.5. The zero-order chi connectivity index (χ0) is 19.3. The summed E-state index contributed by atoms with van der Waals surface area (Å²) >= 11 is 0. The minimum atomic E-state index is 0.819. The highest BCUT2D eigenvalue weighted by atomic mass is 14.8. The van der Waals surface area contributed by atoms with Gasteiger partial charge in [-0.2, -0.15) is 0 Å². The van der Waals surface area contributed by atoms with Crippen LogP contribution in [0.3, 0.4) is 0 Å². The second-order valence-electron chi connectivity index (χ2n) is 15.8. The summed E-state index contributed by atoms with van der Waals surface area (Å²) in [6.45, 7) is 0. The fraction of sp³-hybridized carbons (Fsp3) is 1.00. The van der Waals surface area contributed by atoms with Crippen molar-refractivity contribution in [1.82, 2.24) is 0 Å². The summed E-state index contributed by atoms with van der Waals surface area (Å²) in [7, 11) is 0. The summed E-state index contributed by atoms with van der Waals surface area (Å²) in [5.41, 5.74) is 2.48. The van der Waals surface area contributed by atoms with E-state index < -0.39 is 0 Å². The van der Waals surface area contributed by atoms with Gasteiger partial charge in [0.1, 0.15) is 0 Å². The molecule has 0 aliphatic heterocycles. The van der Waals surface area contributed by atoms with Gasteiger partial charge in [-0.15, -0.1) is 0 Å². The van der Waals surface area contributed by atoms with Crippen molar-refractivity contribution in [3.05, 3.63) is 0 Å². The van der Waals surface area contributed by atoms with Crippen LogP contribution in [0.1, 0.15) is 109 Å². The van der Waals surface area contributed by atoms with E-state index in [1.165, 1.54) is 11.8 Å². The predicted octanol–water partition coefficient (Wildman–Crippen LogP) is 7.86. The highest BCUT2D eigenvalue weighted by Gasteiger charge is 2.72. The van der Waals surface area contributed by atoms with Crippen LogP contribution >= 0.6 is 0 Å². The first-order chi connectivity index (χ1) is 14.6. The zero-order valence-electron chi connectivity index (χ0n) is 19.3. The monoisotopic (exact) mass is 404 g/mol. The maximum Gasteiger partial charge on any atom is -0.0225 e. The van der Waals surface area contributed by atoms with E-state index in [1.54, 1.807) is 109 Å². The standard InChI is InChI=1S/C30H44/c1-18-2-20-3-19(1)11-28(10-18,12-20)27(30-16-24-7-25(17-30)9-26(30)8-24)29-13-21-4-22(14-29)6-23(5-21)15-29/h18-27H,1-17H2/t18?,19?,20?,21?,22?,23?,24-,25+,26?,27?,28?,29?,30?. The summed E-state index contributed by atoms with van der Waals surface area (Å²) in [5, 5.41) is 0. The molecule has 0 amide bonds. The molecule has 164 valence electrons. The average molecular weight is 405 g/mol. The van der Waals surface area contributed by atoms with E-state index in [9.17, 15) is 0 Å². The molecular formula is C30H44. The van der Waals surface area contributed by atoms with Crippen LogP contribution in [0, 0.1) is 75.4 Å². The average Bonchev–Trinajstić information content (AvgIpc) is 3.02. The third-order valence-electron chi connectivity index (χ3n) is 14.0. The smallest absolute Gasteiger partial charge is 0.0225 e. The van der Waals surface area contributed by atoms with E-state index in [0.29, 0.717) is 0 Å². The molecule has 0 aromatic rings. The Morgan fingerprint density at radius 1 is 0.367 bits per heavy atom. The van der Waals surface area contributed by atoms with Gasteiger partial charge in [-0.05, 0) is 185 Å². The van der Waals surface area contributed by atoms with Crippen molar-refractivity contribution in [3.63, 3.8) is 0 Å². The van der Waals surface area contributed by atoms with E-state index in [0.717, 1.165) is 63.6 Å². The van der Waals surface area contributed by atoms with Crippen LogP contribution in [-0.4, -0.2) is 0 Å². The van der Waals surface area contributed by atoms with Crippen LogP contribution < -0.4 is 0 Å². The maximum atomic E-state index is 1.71. The quantitative estimate of drug-likeness (QED) is 0.449. The minimum Gasteiger partial charge on any atom is -0.0475 e. The van der Waals surface area contributed by atoms with Crippen LogP contribution in [0.5, 0.6) is 0 Å². The summed E-state index contributed by atoms with van der Waals surface area (Å²) in [5.74, 6) is 11.6. The van der Waals surface area contributed by atoms with Crippen molar-refractivity contribution in [2.24, 2.45) is 75.4 Å². The van der Waals surface area contributed by atoms with Crippen molar-refractivity contribution in [3.8, 4) is 0 Å². The maximum absolute atomic E-state index is 1.71. The summed E-state index contributed by atoms with van der Waals surface area (Å²) < 4.78 is 0. The van der Waals surface area contributed by atoms with Gasteiger partial charge in [0.25, 0.3) is 0 Å². The fourth-order valence-corrected chi connectivity index (χ4v) is 15.3. The second kappa shape index (κ2) is 5.38. The van der Waals surface area contributed by atoms with Gasteiger partial charge in [0.15, 0.2) is 0 Å². The Labute approximate surface area is 184 Å². The van der Waals surface area contributed by atoms with Crippen molar-refractivity contribution < 1.29 is 0 Å². The molecule has 0 aromatic carbocycles. The first kappa shape index (κ1) is 17.5. The molecule has 12 aliphatic rings.